The third-order valence-electron chi connectivity index (χ3n) is 4.49. The topological polar surface area (TPSA) is 62.3 Å². The number of aromatic amines is 1. The van der Waals surface area contributed by atoms with Crippen LogP contribution in [-0.4, -0.2) is 23.2 Å². The molecule has 0 fully saturated rings. The standard InChI is InChI=1S/C20H21NO3/c1-3-13-5-4-6-16-18(12-21-20(13)16)17(11-19(22)23)14-7-9-15(24-2)10-8-14/h4-10,12,17,21H,3,11H2,1-2H3,(H,22,23). The Morgan fingerprint density at radius 1 is 1.21 bits per heavy atom. The quantitative estimate of drug-likeness (QED) is 0.709. The average Bonchev–Trinajstić information content (AvgIpc) is 3.03. The van der Waals surface area contributed by atoms with Crippen LogP contribution >= 0.6 is 0 Å². The zero-order chi connectivity index (χ0) is 17.1. The SMILES string of the molecule is CCc1cccc2c(C(CC(=O)O)c3ccc(OC)cc3)c[nH]c12. The predicted molar refractivity (Wildman–Crippen MR) is 94.8 cm³/mol. The van der Waals surface area contributed by atoms with E-state index in [1.165, 1.54) is 5.56 Å². The number of carbonyl (C=O) groups is 1. The van der Waals surface area contributed by atoms with Crippen LogP contribution in [0, 0.1) is 0 Å². The first-order valence-electron chi connectivity index (χ1n) is 8.08. The minimum Gasteiger partial charge on any atom is -0.497 e. The Morgan fingerprint density at radius 2 is 1.96 bits per heavy atom. The fourth-order valence-electron chi connectivity index (χ4n) is 3.24. The third kappa shape index (κ3) is 3.00. The fraction of sp³-hybridized carbons (Fsp3) is 0.250. The van der Waals surface area contributed by atoms with Crippen LogP contribution in [-0.2, 0) is 11.2 Å². The molecule has 0 saturated carbocycles. The van der Waals surface area contributed by atoms with Crippen LogP contribution in [0.25, 0.3) is 10.9 Å². The van der Waals surface area contributed by atoms with Gasteiger partial charge in [0.1, 0.15) is 5.75 Å². The lowest BCUT2D eigenvalue weighted by molar-refractivity contribution is -0.137. The summed E-state index contributed by atoms with van der Waals surface area (Å²) in [7, 11) is 1.62. The van der Waals surface area contributed by atoms with Crippen molar-refractivity contribution in [2.75, 3.05) is 7.11 Å². The number of H-pyrrole nitrogens is 1. The predicted octanol–water partition coefficient (Wildman–Crippen LogP) is 4.35. The number of aliphatic carboxylic acids is 1. The Morgan fingerprint density at radius 3 is 2.58 bits per heavy atom. The van der Waals surface area contributed by atoms with E-state index in [-0.39, 0.29) is 12.3 Å². The number of hydrogen-bond acceptors (Lipinski definition) is 2. The Labute approximate surface area is 141 Å². The first kappa shape index (κ1) is 16.1. The molecule has 0 aliphatic rings. The molecule has 0 radical (unpaired) electrons. The molecule has 0 bridgehead atoms. The first-order chi connectivity index (χ1) is 11.6. The molecule has 0 spiro atoms. The molecule has 2 aromatic carbocycles. The number of carboxylic acids is 1. The van der Waals surface area contributed by atoms with Crippen molar-refractivity contribution in [3.8, 4) is 5.75 Å². The molecular weight excluding hydrogens is 302 g/mol. The highest BCUT2D eigenvalue weighted by molar-refractivity contribution is 5.87. The maximum Gasteiger partial charge on any atom is 0.304 e. The molecule has 4 nitrogen and oxygen atoms in total. The van der Waals surface area contributed by atoms with E-state index in [2.05, 4.69) is 24.0 Å². The number of rotatable bonds is 6. The molecule has 0 saturated heterocycles. The lowest BCUT2D eigenvalue weighted by Gasteiger charge is -2.16. The van der Waals surface area contributed by atoms with E-state index < -0.39 is 5.97 Å². The Bertz CT molecular complexity index is 849. The Hall–Kier alpha value is -2.75. The summed E-state index contributed by atoms with van der Waals surface area (Å²) in [4.78, 5) is 14.8. The average molecular weight is 323 g/mol. The summed E-state index contributed by atoms with van der Waals surface area (Å²) in [5, 5.41) is 10.5. The zero-order valence-corrected chi connectivity index (χ0v) is 13.9. The first-order valence-corrected chi connectivity index (χ1v) is 8.08. The van der Waals surface area contributed by atoms with Gasteiger partial charge in [-0.15, -0.1) is 0 Å². The van der Waals surface area contributed by atoms with Gasteiger partial charge in [-0.2, -0.15) is 0 Å². The largest absolute Gasteiger partial charge is 0.497 e. The smallest absolute Gasteiger partial charge is 0.304 e. The number of hydrogen-bond donors (Lipinski definition) is 2. The third-order valence-corrected chi connectivity index (χ3v) is 4.49. The van der Waals surface area contributed by atoms with Gasteiger partial charge in [0.05, 0.1) is 13.5 Å². The number of carboxylic acid groups (broad SMARTS) is 1. The minimum atomic E-state index is -0.809. The monoisotopic (exact) mass is 323 g/mol. The summed E-state index contributed by atoms with van der Waals surface area (Å²) < 4.78 is 5.20. The molecule has 0 aliphatic carbocycles. The van der Waals surface area contributed by atoms with Crippen LogP contribution in [0.5, 0.6) is 5.75 Å². The number of fused-ring (bicyclic) bond motifs is 1. The van der Waals surface area contributed by atoms with Gasteiger partial charge in [-0.3, -0.25) is 4.79 Å². The van der Waals surface area contributed by atoms with Gasteiger partial charge in [0, 0.05) is 23.0 Å². The fourth-order valence-corrected chi connectivity index (χ4v) is 3.24. The number of nitrogens with one attached hydrogen (secondary N) is 1. The molecule has 3 rings (SSSR count). The van der Waals surface area contributed by atoms with Gasteiger partial charge in [-0.25, -0.2) is 0 Å². The van der Waals surface area contributed by atoms with Crippen LogP contribution in [0.2, 0.25) is 0 Å². The van der Waals surface area contributed by atoms with Crippen molar-refractivity contribution in [3.05, 3.63) is 65.4 Å². The number of methoxy groups -OCH3 is 1. The minimum absolute atomic E-state index is 0.0512. The number of para-hydroxylation sites is 1. The van der Waals surface area contributed by atoms with Gasteiger partial charge in [0.2, 0.25) is 0 Å². The molecule has 0 amide bonds. The number of aromatic nitrogens is 1. The zero-order valence-electron chi connectivity index (χ0n) is 13.9. The lowest BCUT2D eigenvalue weighted by Crippen LogP contribution is -2.07. The molecule has 1 aromatic heterocycles. The normalized spacial score (nSPS) is 12.2. The van der Waals surface area contributed by atoms with Crippen LogP contribution in [0.15, 0.2) is 48.7 Å². The van der Waals surface area contributed by atoms with Crippen LogP contribution in [0.4, 0.5) is 0 Å². The molecule has 124 valence electrons. The highest BCUT2D eigenvalue weighted by Crippen LogP contribution is 2.35. The summed E-state index contributed by atoms with van der Waals surface area (Å²) >= 11 is 0. The molecule has 24 heavy (non-hydrogen) atoms. The molecule has 1 atom stereocenters. The molecule has 1 heterocycles. The van der Waals surface area contributed by atoms with E-state index in [4.69, 9.17) is 4.74 Å². The van der Waals surface area contributed by atoms with Crippen molar-refractivity contribution in [2.24, 2.45) is 0 Å². The molecule has 3 aromatic rings. The van der Waals surface area contributed by atoms with E-state index in [9.17, 15) is 9.90 Å². The summed E-state index contributed by atoms with van der Waals surface area (Å²) in [6.07, 6.45) is 2.93. The van der Waals surface area contributed by atoms with Gasteiger partial charge >= 0.3 is 5.97 Å². The molecule has 2 N–H and O–H groups in total. The van der Waals surface area contributed by atoms with Gasteiger partial charge < -0.3 is 14.8 Å². The van der Waals surface area contributed by atoms with Gasteiger partial charge in [0.15, 0.2) is 0 Å². The molecule has 0 aliphatic heterocycles. The number of ether oxygens (including phenoxy) is 1. The Kier molecular flexibility index (Phi) is 4.56. The Balaban J connectivity index is 2.10. The second kappa shape index (κ2) is 6.79. The van der Waals surface area contributed by atoms with Crippen molar-refractivity contribution in [1.82, 2.24) is 4.98 Å². The number of benzene rings is 2. The van der Waals surface area contributed by atoms with Crippen molar-refractivity contribution in [1.29, 1.82) is 0 Å². The second-order valence-electron chi connectivity index (χ2n) is 5.86. The lowest BCUT2D eigenvalue weighted by atomic mass is 9.88. The van der Waals surface area contributed by atoms with Crippen molar-refractivity contribution < 1.29 is 14.6 Å². The van der Waals surface area contributed by atoms with Crippen molar-refractivity contribution in [2.45, 2.75) is 25.7 Å². The highest BCUT2D eigenvalue weighted by atomic mass is 16.5. The van der Waals surface area contributed by atoms with E-state index in [0.717, 1.165) is 34.2 Å². The van der Waals surface area contributed by atoms with Crippen LogP contribution in [0.1, 0.15) is 36.0 Å². The molecular formula is C20H21NO3. The number of aryl methyl sites for hydroxylation is 1. The molecule has 4 heteroatoms. The van der Waals surface area contributed by atoms with Crippen molar-refractivity contribution in [3.63, 3.8) is 0 Å². The molecule has 1 unspecified atom stereocenters. The second-order valence-corrected chi connectivity index (χ2v) is 5.86. The maximum atomic E-state index is 11.4. The summed E-state index contributed by atoms with van der Waals surface area (Å²) in [6.45, 7) is 2.12. The van der Waals surface area contributed by atoms with E-state index in [1.807, 2.05) is 36.5 Å². The van der Waals surface area contributed by atoms with E-state index in [1.54, 1.807) is 7.11 Å². The van der Waals surface area contributed by atoms with Gasteiger partial charge in [0.25, 0.3) is 0 Å². The van der Waals surface area contributed by atoms with Gasteiger partial charge in [-0.05, 0) is 35.2 Å². The highest BCUT2D eigenvalue weighted by Gasteiger charge is 2.21. The van der Waals surface area contributed by atoms with E-state index >= 15 is 0 Å². The van der Waals surface area contributed by atoms with Gasteiger partial charge in [-0.1, -0.05) is 37.3 Å². The summed E-state index contributed by atoms with van der Waals surface area (Å²) in [6, 6.07) is 13.8. The maximum absolute atomic E-state index is 11.4. The van der Waals surface area contributed by atoms with Crippen LogP contribution in [0.3, 0.4) is 0 Å². The van der Waals surface area contributed by atoms with Crippen molar-refractivity contribution >= 4 is 16.9 Å². The van der Waals surface area contributed by atoms with Crippen LogP contribution < -0.4 is 4.74 Å². The summed E-state index contributed by atoms with van der Waals surface area (Å²) in [5.41, 5.74) is 4.33. The summed E-state index contributed by atoms with van der Waals surface area (Å²) in [5.74, 6) is -0.244. The van der Waals surface area contributed by atoms with E-state index in [0.29, 0.717) is 0 Å².